The van der Waals surface area contributed by atoms with E-state index in [-0.39, 0.29) is 12.1 Å². The van der Waals surface area contributed by atoms with Crippen LogP contribution in [-0.4, -0.2) is 62.3 Å². The zero-order valence-electron chi connectivity index (χ0n) is 11.5. The molecular weight excluding hydrogens is 242 g/mol. The molecule has 1 N–H and O–H groups in total. The molecule has 1 aliphatic rings. The minimum Gasteiger partial charge on any atom is -0.374 e. The molecule has 1 aromatic rings. The van der Waals surface area contributed by atoms with Crippen LogP contribution in [0.4, 0.5) is 10.5 Å². The molecule has 0 aliphatic carbocycles. The molecule has 5 heteroatoms. The number of likely N-dealkylation sites (N-methyl/N-ethyl adjacent to an activating group) is 2. The third-order valence-corrected chi connectivity index (χ3v) is 3.19. The van der Waals surface area contributed by atoms with Gasteiger partial charge in [0.2, 0.25) is 0 Å². The molecule has 19 heavy (non-hydrogen) atoms. The summed E-state index contributed by atoms with van der Waals surface area (Å²) in [7, 11) is 3.86. The lowest BCUT2D eigenvalue weighted by Gasteiger charge is -2.32. The number of morpholine rings is 1. The van der Waals surface area contributed by atoms with Gasteiger partial charge in [0, 0.05) is 32.4 Å². The molecule has 0 radical (unpaired) electrons. The van der Waals surface area contributed by atoms with Crippen molar-refractivity contribution in [3.63, 3.8) is 0 Å². The van der Waals surface area contributed by atoms with Crippen molar-refractivity contribution >= 4 is 11.7 Å². The summed E-state index contributed by atoms with van der Waals surface area (Å²) < 4.78 is 5.66. The van der Waals surface area contributed by atoms with E-state index in [1.807, 2.05) is 30.3 Å². The van der Waals surface area contributed by atoms with Gasteiger partial charge in [-0.25, -0.2) is 4.79 Å². The smallest absolute Gasteiger partial charge is 0.321 e. The Morgan fingerprint density at radius 1 is 1.47 bits per heavy atom. The van der Waals surface area contributed by atoms with E-state index >= 15 is 0 Å². The van der Waals surface area contributed by atoms with Gasteiger partial charge in [-0.1, -0.05) is 18.2 Å². The molecule has 0 aromatic heterocycles. The molecule has 1 fully saturated rings. The Hall–Kier alpha value is -1.59. The van der Waals surface area contributed by atoms with Crippen LogP contribution in [0.25, 0.3) is 0 Å². The predicted octanol–water partition coefficient (Wildman–Crippen LogP) is 1.48. The van der Waals surface area contributed by atoms with Gasteiger partial charge in [0.05, 0.1) is 12.7 Å². The number of urea groups is 1. The predicted molar refractivity (Wildman–Crippen MR) is 75.3 cm³/mol. The number of carbonyl (C=O) groups excluding carboxylic acids is 1. The molecule has 104 valence electrons. The second-order valence-electron chi connectivity index (χ2n) is 4.93. The molecule has 0 saturated carbocycles. The zero-order valence-corrected chi connectivity index (χ0v) is 11.5. The SMILES string of the molecule is CN1CCOC(CN(C)C(=O)Nc2ccccc2)C1. The number of nitrogens with one attached hydrogen (secondary N) is 1. The summed E-state index contributed by atoms with van der Waals surface area (Å²) in [6.07, 6.45) is 0.0882. The van der Waals surface area contributed by atoms with Gasteiger partial charge in [-0.05, 0) is 19.2 Å². The summed E-state index contributed by atoms with van der Waals surface area (Å²) in [5.74, 6) is 0. The van der Waals surface area contributed by atoms with Gasteiger partial charge in [-0.15, -0.1) is 0 Å². The zero-order chi connectivity index (χ0) is 13.7. The first kappa shape index (κ1) is 13.8. The van der Waals surface area contributed by atoms with Crippen LogP contribution >= 0.6 is 0 Å². The van der Waals surface area contributed by atoms with Crippen LogP contribution in [-0.2, 0) is 4.74 Å². The van der Waals surface area contributed by atoms with E-state index in [0.29, 0.717) is 6.54 Å². The highest BCUT2D eigenvalue weighted by atomic mass is 16.5. The molecule has 1 aromatic carbocycles. The highest BCUT2D eigenvalue weighted by Gasteiger charge is 2.21. The van der Waals surface area contributed by atoms with Gasteiger partial charge in [0.1, 0.15) is 0 Å². The molecule has 5 nitrogen and oxygen atoms in total. The maximum atomic E-state index is 12.0. The van der Waals surface area contributed by atoms with E-state index in [4.69, 9.17) is 4.74 Å². The summed E-state index contributed by atoms with van der Waals surface area (Å²) in [5, 5.41) is 2.86. The van der Waals surface area contributed by atoms with Gasteiger partial charge in [0.15, 0.2) is 0 Å². The van der Waals surface area contributed by atoms with Crippen LogP contribution in [0.15, 0.2) is 30.3 Å². The van der Waals surface area contributed by atoms with Gasteiger partial charge >= 0.3 is 6.03 Å². The highest BCUT2D eigenvalue weighted by Crippen LogP contribution is 2.08. The van der Waals surface area contributed by atoms with E-state index in [1.54, 1.807) is 11.9 Å². The number of rotatable bonds is 3. The maximum Gasteiger partial charge on any atom is 0.321 e. The normalized spacial score (nSPS) is 20.0. The van der Waals surface area contributed by atoms with Crippen molar-refractivity contribution in [3.8, 4) is 0 Å². The summed E-state index contributed by atoms with van der Waals surface area (Å²) >= 11 is 0. The number of hydrogen-bond acceptors (Lipinski definition) is 3. The largest absolute Gasteiger partial charge is 0.374 e. The topological polar surface area (TPSA) is 44.8 Å². The third-order valence-electron chi connectivity index (χ3n) is 3.19. The Morgan fingerprint density at radius 3 is 2.89 bits per heavy atom. The molecule has 2 amide bonds. The van der Waals surface area contributed by atoms with Crippen LogP contribution in [0.3, 0.4) is 0 Å². The van der Waals surface area contributed by atoms with Crippen LogP contribution < -0.4 is 5.32 Å². The second kappa shape index (κ2) is 6.54. The fraction of sp³-hybridized carbons (Fsp3) is 0.500. The Labute approximate surface area is 114 Å². The van der Waals surface area contributed by atoms with Crippen molar-refractivity contribution in [1.29, 1.82) is 0 Å². The van der Waals surface area contributed by atoms with Crippen molar-refractivity contribution in [3.05, 3.63) is 30.3 Å². The molecule has 0 bridgehead atoms. The lowest BCUT2D eigenvalue weighted by atomic mass is 10.2. The first-order valence-corrected chi connectivity index (χ1v) is 6.52. The van der Waals surface area contributed by atoms with E-state index in [9.17, 15) is 4.79 Å². The highest BCUT2D eigenvalue weighted by molar-refractivity contribution is 5.89. The van der Waals surface area contributed by atoms with Crippen molar-refractivity contribution in [2.24, 2.45) is 0 Å². The molecule has 1 unspecified atom stereocenters. The summed E-state index contributed by atoms with van der Waals surface area (Å²) in [5.41, 5.74) is 0.807. The quantitative estimate of drug-likeness (QED) is 0.898. The molecule has 1 aliphatic heterocycles. The standard InChI is InChI=1S/C14H21N3O2/c1-16-8-9-19-13(10-16)11-17(2)14(18)15-12-6-4-3-5-7-12/h3-7,13H,8-11H2,1-2H3,(H,15,18). The fourth-order valence-corrected chi connectivity index (χ4v) is 2.11. The van der Waals surface area contributed by atoms with Gasteiger partial charge < -0.3 is 19.9 Å². The average molecular weight is 263 g/mol. The average Bonchev–Trinajstić information content (AvgIpc) is 2.40. The molecule has 1 heterocycles. The van der Waals surface area contributed by atoms with Crippen molar-refractivity contribution in [1.82, 2.24) is 9.80 Å². The molecule has 0 spiro atoms. The van der Waals surface area contributed by atoms with Gasteiger partial charge in [-0.2, -0.15) is 0 Å². The van der Waals surface area contributed by atoms with Gasteiger partial charge in [0.25, 0.3) is 0 Å². The van der Waals surface area contributed by atoms with E-state index < -0.39 is 0 Å². The second-order valence-corrected chi connectivity index (χ2v) is 4.93. The first-order valence-electron chi connectivity index (χ1n) is 6.52. The molecule has 2 rings (SSSR count). The third kappa shape index (κ3) is 4.22. The van der Waals surface area contributed by atoms with Crippen molar-refractivity contribution < 1.29 is 9.53 Å². The number of benzene rings is 1. The summed E-state index contributed by atoms with van der Waals surface area (Å²) in [4.78, 5) is 15.9. The fourth-order valence-electron chi connectivity index (χ4n) is 2.11. The number of para-hydroxylation sites is 1. The van der Waals surface area contributed by atoms with Crippen LogP contribution in [0, 0.1) is 0 Å². The number of anilines is 1. The minimum atomic E-state index is -0.108. The van der Waals surface area contributed by atoms with Crippen LogP contribution in [0.1, 0.15) is 0 Å². The van der Waals surface area contributed by atoms with Gasteiger partial charge in [-0.3, -0.25) is 0 Å². The number of ether oxygens (including phenoxy) is 1. The van der Waals surface area contributed by atoms with Crippen LogP contribution in [0.2, 0.25) is 0 Å². The molecule has 1 atom stereocenters. The van der Waals surface area contributed by atoms with E-state index in [1.165, 1.54) is 0 Å². The Balaban J connectivity index is 1.82. The number of carbonyl (C=O) groups is 1. The monoisotopic (exact) mass is 263 g/mol. The van der Waals surface area contributed by atoms with E-state index in [2.05, 4.69) is 17.3 Å². The van der Waals surface area contributed by atoms with E-state index in [0.717, 1.165) is 25.4 Å². The molecular formula is C14H21N3O2. The first-order chi connectivity index (χ1) is 9.15. The molecule has 1 saturated heterocycles. The summed E-state index contributed by atoms with van der Waals surface area (Å²) in [6, 6.07) is 9.35. The Morgan fingerprint density at radius 2 is 2.21 bits per heavy atom. The Kier molecular flexibility index (Phi) is 4.76. The minimum absolute atomic E-state index is 0.0882. The number of hydrogen-bond donors (Lipinski definition) is 1. The maximum absolute atomic E-state index is 12.0. The number of nitrogens with zero attached hydrogens (tertiary/aromatic N) is 2. The lowest BCUT2D eigenvalue weighted by Crippen LogP contribution is -2.47. The number of amides is 2. The van der Waals surface area contributed by atoms with Crippen LogP contribution in [0.5, 0.6) is 0 Å². The summed E-state index contributed by atoms with van der Waals surface area (Å²) in [6.45, 7) is 3.15. The van der Waals surface area contributed by atoms with Crippen molar-refractivity contribution in [2.45, 2.75) is 6.10 Å². The van der Waals surface area contributed by atoms with Crippen molar-refractivity contribution in [2.75, 3.05) is 45.7 Å². The Bertz CT molecular complexity index is 410. The lowest BCUT2D eigenvalue weighted by molar-refractivity contribution is -0.0276.